The predicted octanol–water partition coefficient (Wildman–Crippen LogP) is -7.56. The van der Waals surface area contributed by atoms with Gasteiger partial charge in [0.2, 0.25) is 0 Å². The van der Waals surface area contributed by atoms with Crippen molar-refractivity contribution in [3.8, 4) is 0 Å². The first-order valence-corrected chi connectivity index (χ1v) is 3.52. The first kappa shape index (κ1) is 19.5. The van der Waals surface area contributed by atoms with E-state index in [0.717, 1.165) is 0 Å². The van der Waals surface area contributed by atoms with Crippen LogP contribution in [-0.2, 0) is 9.59 Å². The van der Waals surface area contributed by atoms with E-state index in [1.165, 1.54) is 0 Å². The van der Waals surface area contributed by atoms with E-state index in [-0.39, 0.29) is 72.0 Å². The van der Waals surface area contributed by atoms with Gasteiger partial charge in [-0.05, 0) is 25.7 Å². The predicted molar refractivity (Wildman–Crippen MR) is 33.1 cm³/mol. The summed E-state index contributed by atoms with van der Waals surface area (Å²) in [4.78, 5) is 19.7. The monoisotopic (exact) mass is 204 g/mol. The van der Waals surface area contributed by atoms with E-state index in [9.17, 15) is 19.8 Å². The van der Waals surface area contributed by atoms with E-state index in [4.69, 9.17) is 0 Å². The molecule has 0 atom stereocenters. The number of carboxylic acids is 2. The Morgan fingerprint density at radius 1 is 0.769 bits per heavy atom. The molecule has 0 rings (SSSR count). The third kappa shape index (κ3) is 19.4. The van der Waals surface area contributed by atoms with E-state index in [2.05, 4.69) is 0 Å². The van der Waals surface area contributed by atoms with Crippen LogP contribution in [0.15, 0.2) is 0 Å². The fraction of sp³-hybridized carbons (Fsp3) is 0.714. The molecular formula is C7H10Na2O4. The molecule has 0 aliphatic rings. The van der Waals surface area contributed by atoms with Crippen LogP contribution < -0.4 is 69.3 Å². The van der Waals surface area contributed by atoms with E-state index >= 15 is 0 Å². The molecule has 0 spiro atoms. The maximum atomic E-state index is 9.86. The Hall–Kier alpha value is 0.940. The van der Waals surface area contributed by atoms with Crippen LogP contribution in [-0.4, -0.2) is 11.9 Å². The minimum Gasteiger partial charge on any atom is -0.550 e. The topological polar surface area (TPSA) is 80.3 Å². The average Bonchev–Trinajstić information content (AvgIpc) is 1.85. The summed E-state index contributed by atoms with van der Waals surface area (Å²) in [5.74, 6) is -2.17. The second-order valence-electron chi connectivity index (χ2n) is 2.30. The Morgan fingerprint density at radius 3 is 1.31 bits per heavy atom. The molecule has 0 fully saturated rings. The molecule has 0 bridgehead atoms. The average molecular weight is 204 g/mol. The van der Waals surface area contributed by atoms with Crippen molar-refractivity contribution in [3.63, 3.8) is 0 Å². The molecule has 0 amide bonds. The summed E-state index contributed by atoms with van der Waals surface area (Å²) in [5.41, 5.74) is 0. The van der Waals surface area contributed by atoms with Crippen molar-refractivity contribution in [2.45, 2.75) is 32.1 Å². The zero-order chi connectivity index (χ0) is 8.69. The number of carbonyl (C=O) groups excluding carboxylic acids is 2. The molecule has 0 saturated carbocycles. The zero-order valence-corrected chi connectivity index (χ0v) is 12.2. The van der Waals surface area contributed by atoms with Crippen LogP contribution in [0.4, 0.5) is 0 Å². The minimum atomic E-state index is -1.08. The Bertz CT molecular complexity index is 133. The third-order valence-corrected chi connectivity index (χ3v) is 1.26. The largest absolute Gasteiger partial charge is 1.00 e. The Balaban J connectivity index is -0.000000500. The van der Waals surface area contributed by atoms with Gasteiger partial charge in [0.15, 0.2) is 0 Å². The molecule has 13 heavy (non-hydrogen) atoms. The molecule has 0 aromatic rings. The van der Waals surface area contributed by atoms with E-state index in [0.29, 0.717) is 19.3 Å². The van der Waals surface area contributed by atoms with Gasteiger partial charge in [-0.1, -0.05) is 6.42 Å². The maximum absolute atomic E-state index is 9.86. The van der Waals surface area contributed by atoms with Crippen molar-refractivity contribution < 1.29 is 78.9 Å². The molecule has 0 aliphatic carbocycles. The molecule has 0 N–H and O–H groups in total. The van der Waals surface area contributed by atoms with Crippen LogP contribution in [0.25, 0.3) is 0 Å². The van der Waals surface area contributed by atoms with Crippen LogP contribution in [0, 0.1) is 0 Å². The number of carbonyl (C=O) groups is 2. The molecule has 4 nitrogen and oxygen atoms in total. The molecule has 6 heteroatoms. The number of hydrogen-bond acceptors (Lipinski definition) is 4. The van der Waals surface area contributed by atoms with Gasteiger partial charge in [0.1, 0.15) is 0 Å². The first-order chi connectivity index (χ1) is 5.13. The van der Waals surface area contributed by atoms with Gasteiger partial charge in [0.05, 0.1) is 0 Å². The number of aliphatic carboxylic acids is 2. The summed E-state index contributed by atoms with van der Waals surface area (Å²) < 4.78 is 0. The van der Waals surface area contributed by atoms with Gasteiger partial charge in [0, 0.05) is 11.9 Å². The van der Waals surface area contributed by atoms with Gasteiger partial charge in [-0.3, -0.25) is 0 Å². The summed E-state index contributed by atoms with van der Waals surface area (Å²) in [6, 6.07) is 0. The number of unbranched alkanes of at least 4 members (excludes halogenated alkanes) is 2. The minimum absolute atomic E-state index is 0. The van der Waals surface area contributed by atoms with Crippen molar-refractivity contribution in [1.29, 1.82) is 0 Å². The molecule has 0 aromatic heterocycles. The number of rotatable bonds is 6. The van der Waals surface area contributed by atoms with Crippen molar-refractivity contribution >= 4 is 11.9 Å². The Kier molecular flexibility index (Phi) is 19.4. The molecule has 0 saturated heterocycles. The van der Waals surface area contributed by atoms with Crippen LogP contribution in [0.5, 0.6) is 0 Å². The number of hydrogen-bond donors (Lipinski definition) is 0. The molecule has 0 aromatic carbocycles. The molecule has 0 radical (unpaired) electrons. The summed E-state index contributed by atoms with van der Waals surface area (Å²) in [5, 5.41) is 19.7. The molecular weight excluding hydrogens is 194 g/mol. The van der Waals surface area contributed by atoms with Crippen molar-refractivity contribution in [2.75, 3.05) is 0 Å². The fourth-order valence-electron chi connectivity index (χ4n) is 0.715. The van der Waals surface area contributed by atoms with Crippen molar-refractivity contribution in [1.82, 2.24) is 0 Å². The SMILES string of the molecule is O=C([O-])CCCCCC(=O)[O-].[Na+].[Na+]. The second kappa shape index (κ2) is 12.9. The summed E-state index contributed by atoms with van der Waals surface area (Å²) >= 11 is 0. The standard InChI is InChI=1S/C7H12O4.2Na/c8-6(9)4-2-1-3-5-7(10)11;;/h1-5H2,(H,8,9)(H,10,11);;/q;2*+1/p-2. The summed E-state index contributed by atoms with van der Waals surface area (Å²) in [6.07, 6.45) is 1.58. The summed E-state index contributed by atoms with van der Waals surface area (Å²) in [7, 11) is 0. The van der Waals surface area contributed by atoms with Crippen LogP contribution in [0.3, 0.4) is 0 Å². The van der Waals surface area contributed by atoms with Gasteiger partial charge in [-0.2, -0.15) is 0 Å². The van der Waals surface area contributed by atoms with E-state index < -0.39 is 11.9 Å². The Labute approximate surface area is 122 Å². The fourth-order valence-corrected chi connectivity index (χ4v) is 0.715. The first-order valence-electron chi connectivity index (χ1n) is 3.52. The molecule has 0 heterocycles. The summed E-state index contributed by atoms with van der Waals surface area (Å²) in [6.45, 7) is 0. The smallest absolute Gasteiger partial charge is 0.550 e. The quantitative estimate of drug-likeness (QED) is 0.318. The molecule has 64 valence electrons. The normalized spacial score (nSPS) is 8.00. The van der Waals surface area contributed by atoms with E-state index in [1.54, 1.807) is 0 Å². The van der Waals surface area contributed by atoms with Crippen LogP contribution in [0.2, 0.25) is 0 Å². The third-order valence-electron chi connectivity index (χ3n) is 1.26. The van der Waals surface area contributed by atoms with Gasteiger partial charge >= 0.3 is 59.1 Å². The molecule has 0 unspecified atom stereocenters. The van der Waals surface area contributed by atoms with Gasteiger partial charge in [-0.15, -0.1) is 0 Å². The second-order valence-corrected chi connectivity index (χ2v) is 2.30. The van der Waals surface area contributed by atoms with Crippen molar-refractivity contribution in [3.05, 3.63) is 0 Å². The van der Waals surface area contributed by atoms with Gasteiger partial charge < -0.3 is 19.8 Å². The zero-order valence-electron chi connectivity index (χ0n) is 8.17. The molecule has 0 aliphatic heterocycles. The van der Waals surface area contributed by atoms with Gasteiger partial charge in [0.25, 0.3) is 0 Å². The van der Waals surface area contributed by atoms with Crippen LogP contribution >= 0.6 is 0 Å². The van der Waals surface area contributed by atoms with Gasteiger partial charge in [-0.25, -0.2) is 0 Å². The number of carboxylic acid groups (broad SMARTS) is 2. The van der Waals surface area contributed by atoms with Crippen LogP contribution in [0.1, 0.15) is 32.1 Å². The maximum Gasteiger partial charge on any atom is 1.00 e. The van der Waals surface area contributed by atoms with Crippen molar-refractivity contribution in [2.24, 2.45) is 0 Å². The Morgan fingerprint density at radius 2 is 1.08 bits per heavy atom. The van der Waals surface area contributed by atoms with E-state index in [1.807, 2.05) is 0 Å².